The summed E-state index contributed by atoms with van der Waals surface area (Å²) in [5.74, 6) is 1.35. The number of ether oxygens (including phenoxy) is 2. The second kappa shape index (κ2) is 11.8. The zero-order valence-corrected chi connectivity index (χ0v) is 17.6. The van der Waals surface area contributed by atoms with Crippen molar-refractivity contribution in [2.45, 2.75) is 52.4 Å². The van der Waals surface area contributed by atoms with Gasteiger partial charge in [0.2, 0.25) is 11.8 Å². The lowest BCUT2D eigenvalue weighted by molar-refractivity contribution is -0.131. The Balaban J connectivity index is 1.69. The van der Waals surface area contributed by atoms with Crippen LogP contribution in [0.3, 0.4) is 0 Å². The minimum absolute atomic E-state index is 0.0334. The molecule has 0 unspecified atom stereocenters. The van der Waals surface area contributed by atoms with E-state index in [4.69, 9.17) is 21.1 Å². The van der Waals surface area contributed by atoms with E-state index in [0.717, 1.165) is 31.5 Å². The standard InChI is InChI=1S/C21H31ClN2O4/c1-3-10-24(11-4-2)20(26)7-5-6-19(25)23-9-8-16-14-17(22)21-18(15-16)27-12-13-28-21/h14-15H,3-13H2,1-2H3,(H,23,25). The number of rotatable bonds is 11. The maximum absolute atomic E-state index is 12.2. The molecule has 0 spiro atoms. The summed E-state index contributed by atoms with van der Waals surface area (Å²) in [6.07, 6.45) is 3.92. The first-order valence-corrected chi connectivity index (χ1v) is 10.5. The third-order valence-corrected chi connectivity index (χ3v) is 4.81. The van der Waals surface area contributed by atoms with Crippen molar-refractivity contribution >= 4 is 23.4 Å². The Labute approximate surface area is 172 Å². The molecule has 0 radical (unpaired) electrons. The van der Waals surface area contributed by atoms with Crippen LogP contribution in [-0.4, -0.2) is 49.6 Å². The molecule has 1 aliphatic rings. The van der Waals surface area contributed by atoms with Crippen molar-refractivity contribution in [3.8, 4) is 11.5 Å². The van der Waals surface area contributed by atoms with Gasteiger partial charge in [-0.05, 0) is 43.4 Å². The largest absolute Gasteiger partial charge is 0.486 e. The lowest BCUT2D eigenvalue weighted by atomic mass is 10.1. The lowest BCUT2D eigenvalue weighted by Gasteiger charge is -2.21. The first kappa shape index (κ1) is 22.3. The summed E-state index contributed by atoms with van der Waals surface area (Å²) < 4.78 is 11.1. The summed E-state index contributed by atoms with van der Waals surface area (Å²) in [6.45, 7) is 7.24. The summed E-state index contributed by atoms with van der Waals surface area (Å²) in [4.78, 5) is 26.1. The molecule has 1 aromatic carbocycles. The zero-order chi connectivity index (χ0) is 20.4. The highest BCUT2D eigenvalue weighted by Gasteiger charge is 2.17. The molecular formula is C21H31ClN2O4. The second-order valence-corrected chi connectivity index (χ2v) is 7.34. The number of nitrogens with zero attached hydrogens (tertiary/aromatic N) is 1. The number of benzene rings is 1. The van der Waals surface area contributed by atoms with E-state index in [0.29, 0.717) is 62.0 Å². The van der Waals surface area contributed by atoms with Crippen molar-refractivity contribution in [1.29, 1.82) is 0 Å². The molecule has 0 atom stereocenters. The van der Waals surface area contributed by atoms with E-state index >= 15 is 0 Å². The lowest BCUT2D eigenvalue weighted by Crippen LogP contribution is -2.32. The average Bonchev–Trinajstić information content (AvgIpc) is 2.68. The number of carbonyl (C=O) groups excluding carboxylic acids is 2. The van der Waals surface area contributed by atoms with Gasteiger partial charge < -0.3 is 19.7 Å². The van der Waals surface area contributed by atoms with Crippen LogP contribution in [-0.2, 0) is 16.0 Å². The van der Waals surface area contributed by atoms with Gasteiger partial charge in [-0.15, -0.1) is 0 Å². The highest BCUT2D eigenvalue weighted by molar-refractivity contribution is 6.32. The molecule has 0 aliphatic carbocycles. The van der Waals surface area contributed by atoms with Crippen molar-refractivity contribution in [3.05, 3.63) is 22.7 Å². The Morgan fingerprint density at radius 1 is 1.11 bits per heavy atom. The predicted octanol–water partition coefficient (Wildman–Crippen LogP) is 3.59. The van der Waals surface area contributed by atoms with Gasteiger partial charge in [-0.25, -0.2) is 0 Å². The molecule has 1 aliphatic heterocycles. The Bertz CT molecular complexity index is 660. The Kier molecular flexibility index (Phi) is 9.41. The van der Waals surface area contributed by atoms with Gasteiger partial charge >= 0.3 is 0 Å². The number of carbonyl (C=O) groups is 2. The first-order chi connectivity index (χ1) is 13.5. The van der Waals surface area contributed by atoms with Crippen LogP contribution in [0.5, 0.6) is 11.5 Å². The fourth-order valence-electron chi connectivity index (χ4n) is 3.20. The highest BCUT2D eigenvalue weighted by Crippen LogP contribution is 2.38. The van der Waals surface area contributed by atoms with Gasteiger partial charge in [-0.3, -0.25) is 9.59 Å². The number of hydrogen-bond donors (Lipinski definition) is 1. The van der Waals surface area contributed by atoms with Gasteiger partial charge in [0.05, 0.1) is 5.02 Å². The highest BCUT2D eigenvalue weighted by atomic mass is 35.5. The molecule has 2 rings (SSSR count). The molecule has 6 nitrogen and oxygen atoms in total. The normalized spacial score (nSPS) is 12.5. The van der Waals surface area contributed by atoms with Crippen LogP contribution in [0.1, 0.15) is 51.5 Å². The molecule has 0 fully saturated rings. The summed E-state index contributed by atoms with van der Waals surface area (Å²) in [6, 6.07) is 3.75. The van der Waals surface area contributed by atoms with E-state index in [9.17, 15) is 9.59 Å². The monoisotopic (exact) mass is 410 g/mol. The van der Waals surface area contributed by atoms with Gasteiger partial charge in [0.25, 0.3) is 0 Å². The number of amides is 2. The van der Waals surface area contributed by atoms with Crippen molar-refractivity contribution in [2.24, 2.45) is 0 Å². The maximum Gasteiger partial charge on any atom is 0.222 e. The zero-order valence-electron chi connectivity index (χ0n) is 16.9. The van der Waals surface area contributed by atoms with Gasteiger partial charge in [0, 0.05) is 32.5 Å². The molecule has 0 bridgehead atoms. The van der Waals surface area contributed by atoms with Crippen LogP contribution in [0.2, 0.25) is 5.02 Å². The van der Waals surface area contributed by atoms with Crippen molar-refractivity contribution in [2.75, 3.05) is 32.8 Å². The van der Waals surface area contributed by atoms with E-state index < -0.39 is 0 Å². The molecule has 0 saturated carbocycles. The van der Waals surface area contributed by atoms with Gasteiger partial charge in [-0.2, -0.15) is 0 Å². The van der Waals surface area contributed by atoms with Crippen LogP contribution < -0.4 is 14.8 Å². The molecule has 2 amide bonds. The summed E-state index contributed by atoms with van der Waals surface area (Å²) in [5.41, 5.74) is 0.986. The minimum atomic E-state index is -0.0334. The molecule has 1 N–H and O–H groups in total. The van der Waals surface area contributed by atoms with Gasteiger partial charge in [-0.1, -0.05) is 25.4 Å². The molecule has 0 saturated heterocycles. The van der Waals surface area contributed by atoms with Crippen LogP contribution in [0, 0.1) is 0 Å². The quantitative estimate of drug-likeness (QED) is 0.605. The number of halogens is 1. The smallest absolute Gasteiger partial charge is 0.222 e. The molecular weight excluding hydrogens is 380 g/mol. The first-order valence-electron chi connectivity index (χ1n) is 10.2. The Morgan fingerprint density at radius 3 is 2.54 bits per heavy atom. The molecule has 156 valence electrons. The topological polar surface area (TPSA) is 67.9 Å². The van der Waals surface area contributed by atoms with Crippen LogP contribution in [0.15, 0.2) is 12.1 Å². The maximum atomic E-state index is 12.2. The minimum Gasteiger partial charge on any atom is -0.486 e. The van der Waals surface area contributed by atoms with E-state index in [1.54, 1.807) is 0 Å². The third-order valence-electron chi connectivity index (χ3n) is 4.53. The molecule has 7 heteroatoms. The molecule has 1 aromatic rings. The summed E-state index contributed by atoms with van der Waals surface area (Å²) in [7, 11) is 0. The average molecular weight is 411 g/mol. The van der Waals surface area contributed by atoms with Gasteiger partial charge in [0.15, 0.2) is 11.5 Å². The Hall–Kier alpha value is -1.95. The fraction of sp³-hybridized carbons (Fsp3) is 0.619. The van der Waals surface area contributed by atoms with Crippen LogP contribution >= 0.6 is 11.6 Å². The van der Waals surface area contributed by atoms with Gasteiger partial charge in [0.1, 0.15) is 13.2 Å². The molecule has 1 heterocycles. The number of fused-ring (bicyclic) bond motifs is 1. The Morgan fingerprint density at radius 2 is 1.82 bits per heavy atom. The van der Waals surface area contributed by atoms with E-state index in [1.807, 2.05) is 17.0 Å². The van der Waals surface area contributed by atoms with Crippen molar-refractivity contribution in [1.82, 2.24) is 10.2 Å². The number of nitrogens with one attached hydrogen (secondary N) is 1. The van der Waals surface area contributed by atoms with Crippen molar-refractivity contribution in [3.63, 3.8) is 0 Å². The van der Waals surface area contributed by atoms with Crippen LogP contribution in [0.4, 0.5) is 0 Å². The van der Waals surface area contributed by atoms with E-state index in [2.05, 4.69) is 19.2 Å². The third kappa shape index (κ3) is 6.89. The summed E-state index contributed by atoms with van der Waals surface area (Å²) in [5, 5.41) is 3.43. The van der Waals surface area contributed by atoms with E-state index in [-0.39, 0.29) is 11.8 Å². The fourth-order valence-corrected chi connectivity index (χ4v) is 3.49. The number of hydrogen-bond acceptors (Lipinski definition) is 4. The molecule has 28 heavy (non-hydrogen) atoms. The van der Waals surface area contributed by atoms with Crippen LogP contribution in [0.25, 0.3) is 0 Å². The predicted molar refractivity (Wildman–Crippen MR) is 110 cm³/mol. The second-order valence-electron chi connectivity index (χ2n) is 6.94. The van der Waals surface area contributed by atoms with E-state index in [1.165, 1.54) is 0 Å². The van der Waals surface area contributed by atoms with Crippen molar-refractivity contribution < 1.29 is 19.1 Å². The SMILES string of the molecule is CCCN(CCC)C(=O)CCCC(=O)NCCc1cc(Cl)c2c(c1)OCCO2. The summed E-state index contributed by atoms with van der Waals surface area (Å²) >= 11 is 6.23. The molecule has 0 aromatic heterocycles.